The number of benzene rings is 1. The highest BCUT2D eigenvalue weighted by Gasteiger charge is 2.40. The SMILES string of the molecule is CCS(=O)(=O)N(C)c1ccc(C(=O)N[C@@H]2C[C@@H]3CC[C@@H]2C3)cc1. The third kappa shape index (κ3) is 3.22. The molecule has 0 spiro atoms. The average molecular weight is 336 g/mol. The van der Waals surface area contributed by atoms with Crippen LogP contribution in [0.25, 0.3) is 0 Å². The summed E-state index contributed by atoms with van der Waals surface area (Å²) >= 11 is 0. The van der Waals surface area contributed by atoms with Crippen molar-refractivity contribution in [2.45, 2.75) is 38.6 Å². The number of fused-ring (bicyclic) bond motifs is 2. The number of nitrogens with one attached hydrogen (secondary N) is 1. The van der Waals surface area contributed by atoms with Crippen molar-refractivity contribution < 1.29 is 13.2 Å². The van der Waals surface area contributed by atoms with Crippen molar-refractivity contribution in [1.29, 1.82) is 0 Å². The van der Waals surface area contributed by atoms with Crippen molar-refractivity contribution in [3.8, 4) is 0 Å². The zero-order valence-corrected chi connectivity index (χ0v) is 14.5. The lowest BCUT2D eigenvalue weighted by molar-refractivity contribution is 0.0923. The number of hydrogen-bond acceptors (Lipinski definition) is 3. The van der Waals surface area contributed by atoms with Gasteiger partial charge in [-0.3, -0.25) is 9.10 Å². The Bertz CT molecular complexity index is 684. The zero-order chi connectivity index (χ0) is 16.6. The van der Waals surface area contributed by atoms with Gasteiger partial charge in [-0.1, -0.05) is 6.42 Å². The van der Waals surface area contributed by atoms with Gasteiger partial charge < -0.3 is 5.32 Å². The maximum Gasteiger partial charge on any atom is 0.251 e. The fraction of sp³-hybridized carbons (Fsp3) is 0.588. The van der Waals surface area contributed by atoms with Crippen LogP contribution < -0.4 is 9.62 Å². The number of anilines is 1. The zero-order valence-electron chi connectivity index (χ0n) is 13.7. The second-order valence-electron chi connectivity index (χ2n) is 6.67. The summed E-state index contributed by atoms with van der Waals surface area (Å²) in [5.74, 6) is 1.43. The fourth-order valence-electron chi connectivity index (χ4n) is 3.85. The molecule has 3 atom stereocenters. The van der Waals surface area contributed by atoms with E-state index < -0.39 is 10.0 Å². The largest absolute Gasteiger partial charge is 0.349 e. The van der Waals surface area contributed by atoms with Gasteiger partial charge in [0, 0.05) is 18.7 Å². The predicted molar refractivity (Wildman–Crippen MR) is 91.0 cm³/mol. The lowest BCUT2D eigenvalue weighted by Crippen LogP contribution is -2.38. The molecule has 23 heavy (non-hydrogen) atoms. The van der Waals surface area contributed by atoms with Gasteiger partial charge in [0.25, 0.3) is 5.91 Å². The molecule has 0 aliphatic heterocycles. The van der Waals surface area contributed by atoms with Crippen molar-refractivity contribution >= 4 is 21.6 Å². The lowest BCUT2D eigenvalue weighted by Gasteiger charge is -2.23. The number of carbonyl (C=O) groups excluding carboxylic acids is 1. The molecule has 0 unspecified atom stereocenters. The van der Waals surface area contributed by atoms with Gasteiger partial charge in [-0.2, -0.15) is 0 Å². The number of amides is 1. The Kier molecular flexibility index (Phi) is 4.36. The quantitative estimate of drug-likeness (QED) is 0.898. The monoisotopic (exact) mass is 336 g/mol. The lowest BCUT2D eigenvalue weighted by atomic mass is 9.95. The first-order valence-electron chi connectivity index (χ1n) is 8.28. The number of rotatable bonds is 5. The maximum atomic E-state index is 12.4. The first-order chi connectivity index (χ1) is 10.9. The van der Waals surface area contributed by atoms with E-state index in [0.717, 1.165) is 12.3 Å². The van der Waals surface area contributed by atoms with Gasteiger partial charge in [0.1, 0.15) is 0 Å². The van der Waals surface area contributed by atoms with Crippen molar-refractivity contribution in [2.75, 3.05) is 17.1 Å². The minimum atomic E-state index is -3.28. The van der Waals surface area contributed by atoms with Gasteiger partial charge in [0.2, 0.25) is 10.0 Å². The normalized spacial score (nSPS) is 26.3. The summed E-state index contributed by atoms with van der Waals surface area (Å²) in [7, 11) is -1.75. The summed E-state index contributed by atoms with van der Waals surface area (Å²) < 4.78 is 25.0. The molecule has 2 saturated carbocycles. The van der Waals surface area contributed by atoms with E-state index in [2.05, 4.69) is 5.32 Å². The fourth-order valence-corrected chi connectivity index (χ4v) is 4.68. The Labute approximate surface area is 138 Å². The van der Waals surface area contributed by atoms with Gasteiger partial charge in [-0.15, -0.1) is 0 Å². The van der Waals surface area contributed by atoms with Crippen LogP contribution in [0.4, 0.5) is 5.69 Å². The summed E-state index contributed by atoms with van der Waals surface area (Å²) in [6.07, 6.45) is 4.90. The van der Waals surface area contributed by atoms with Crippen molar-refractivity contribution in [3.63, 3.8) is 0 Å². The molecule has 1 aromatic rings. The summed E-state index contributed by atoms with van der Waals surface area (Å²) in [5, 5.41) is 3.15. The Morgan fingerprint density at radius 2 is 1.91 bits per heavy atom. The molecular formula is C17H24N2O3S. The number of hydrogen-bond donors (Lipinski definition) is 1. The molecule has 2 aliphatic rings. The molecule has 5 nitrogen and oxygen atoms in total. The predicted octanol–water partition coefficient (Wildman–Crippen LogP) is 2.39. The van der Waals surface area contributed by atoms with Crippen molar-refractivity contribution in [3.05, 3.63) is 29.8 Å². The standard InChI is InChI=1S/C17H24N2O3S/c1-3-23(21,22)19(2)15-8-6-13(7-9-15)17(20)18-16-11-12-4-5-14(16)10-12/h6-9,12,14,16H,3-5,10-11H2,1-2H3,(H,18,20)/t12-,14-,16-/m1/s1. The van der Waals surface area contributed by atoms with Crippen LogP contribution >= 0.6 is 0 Å². The molecule has 2 fully saturated rings. The third-order valence-corrected chi connectivity index (χ3v) is 7.10. The van der Waals surface area contributed by atoms with Gasteiger partial charge in [0.05, 0.1) is 11.4 Å². The van der Waals surface area contributed by atoms with E-state index in [0.29, 0.717) is 23.2 Å². The van der Waals surface area contributed by atoms with E-state index >= 15 is 0 Å². The molecule has 2 bridgehead atoms. The Morgan fingerprint density at radius 1 is 1.22 bits per heavy atom. The highest BCUT2D eigenvalue weighted by atomic mass is 32.2. The second-order valence-corrected chi connectivity index (χ2v) is 8.96. The maximum absolute atomic E-state index is 12.4. The van der Waals surface area contributed by atoms with Crippen LogP contribution in [0.3, 0.4) is 0 Å². The molecule has 0 heterocycles. The van der Waals surface area contributed by atoms with E-state index in [4.69, 9.17) is 0 Å². The van der Waals surface area contributed by atoms with E-state index in [1.54, 1.807) is 31.2 Å². The van der Waals surface area contributed by atoms with Crippen molar-refractivity contribution in [1.82, 2.24) is 5.32 Å². The minimum Gasteiger partial charge on any atom is -0.349 e. The summed E-state index contributed by atoms with van der Waals surface area (Å²) in [6, 6.07) is 7.06. The Morgan fingerprint density at radius 3 is 2.43 bits per heavy atom. The second kappa shape index (κ2) is 6.15. The molecule has 126 valence electrons. The molecule has 2 aliphatic carbocycles. The number of sulfonamides is 1. The van der Waals surface area contributed by atoms with Gasteiger partial charge >= 0.3 is 0 Å². The van der Waals surface area contributed by atoms with E-state index in [1.807, 2.05) is 0 Å². The summed E-state index contributed by atoms with van der Waals surface area (Å²) in [4.78, 5) is 12.4. The van der Waals surface area contributed by atoms with E-state index in [-0.39, 0.29) is 11.7 Å². The van der Waals surface area contributed by atoms with Gasteiger partial charge in [0.15, 0.2) is 0 Å². The molecule has 1 aromatic carbocycles. The first kappa shape index (κ1) is 16.3. The van der Waals surface area contributed by atoms with E-state index in [1.165, 1.54) is 30.6 Å². The summed E-state index contributed by atoms with van der Waals surface area (Å²) in [5.41, 5.74) is 1.15. The van der Waals surface area contributed by atoms with Crippen LogP contribution in [0.15, 0.2) is 24.3 Å². The van der Waals surface area contributed by atoms with Crippen LogP contribution in [0, 0.1) is 11.8 Å². The highest BCUT2D eigenvalue weighted by Crippen LogP contribution is 2.44. The molecule has 1 N–H and O–H groups in total. The summed E-state index contributed by atoms with van der Waals surface area (Å²) in [6.45, 7) is 1.61. The molecule has 3 rings (SSSR count). The minimum absolute atomic E-state index is 0.0516. The smallest absolute Gasteiger partial charge is 0.251 e. The molecular weight excluding hydrogens is 312 g/mol. The van der Waals surface area contributed by atoms with Crippen LogP contribution in [0.1, 0.15) is 43.0 Å². The first-order valence-corrected chi connectivity index (χ1v) is 9.89. The average Bonchev–Trinajstić information content (AvgIpc) is 3.17. The van der Waals surface area contributed by atoms with Gasteiger partial charge in [-0.25, -0.2) is 8.42 Å². The molecule has 0 radical (unpaired) electrons. The Balaban J connectivity index is 1.66. The molecule has 0 saturated heterocycles. The number of carbonyl (C=O) groups is 1. The Hall–Kier alpha value is -1.56. The molecule has 1 amide bonds. The van der Waals surface area contributed by atoms with Crippen LogP contribution in [-0.4, -0.2) is 33.2 Å². The van der Waals surface area contributed by atoms with Gasteiger partial charge in [-0.05, 0) is 62.3 Å². The highest BCUT2D eigenvalue weighted by molar-refractivity contribution is 7.92. The van der Waals surface area contributed by atoms with Crippen LogP contribution in [0.2, 0.25) is 0 Å². The topological polar surface area (TPSA) is 66.5 Å². The third-order valence-electron chi connectivity index (χ3n) is 5.33. The number of nitrogens with zero attached hydrogens (tertiary/aromatic N) is 1. The van der Waals surface area contributed by atoms with Crippen LogP contribution in [0.5, 0.6) is 0 Å². The molecule has 0 aromatic heterocycles. The van der Waals surface area contributed by atoms with E-state index in [9.17, 15) is 13.2 Å². The van der Waals surface area contributed by atoms with Crippen molar-refractivity contribution in [2.24, 2.45) is 11.8 Å². The van der Waals surface area contributed by atoms with Crippen LogP contribution in [-0.2, 0) is 10.0 Å². The molecule has 6 heteroatoms.